The van der Waals surface area contributed by atoms with Gasteiger partial charge >= 0.3 is 0 Å². The molecule has 0 bridgehead atoms. The topological polar surface area (TPSA) is 61.0 Å². The second kappa shape index (κ2) is 6.62. The lowest BCUT2D eigenvalue weighted by atomic mass is 9.95. The fraction of sp³-hybridized carbons (Fsp3) is 0.364. The number of aryl methyl sites for hydroxylation is 1. The van der Waals surface area contributed by atoms with Gasteiger partial charge in [0.15, 0.2) is 0 Å². The maximum Gasteiger partial charge on any atom is 0.245 e. The van der Waals surface area contributed by atoms with Crippen molar-refractivity contribution in [2.75, 3.05) is 18.4 Å². The zero-order chi connectivity index (χ0) is 19.3. The Kier molecular flexibility index (Phi) is 4.07. The average molecular weight is 378 g/mol. The molecule has 1 atom stereocenters. The number of anilines is 1. The number of fused-ring (bicyclic) bond motifs is 2. The second-order valence-corrected chi connectivity index (χ2v) is 7.94. The molecule has 6 heteroatoms. The molecule has 1 fully saturated rings. The van der Waals surface area contributed by atoms with Gasteiger partial charge in [-0.05, 0) is 49.6 Å². The first kappa shape index (κ1) is 17.2. The molecule has 0 radical (unpaired) electrons. The Morgan fingerprint density at radius 3 is 2.82 bits per heavy atom. The van der Waals surface area contributed by atoms with Gasteiger partial charge in [-0.1, -0.05) is 17.7 Å². The summed E-state index contributed by atoms with van der Waals surface area (Å²) in [5.74, 6) is 1.09. The molecular weight excluding hydrogens is 355 g/mol. The van der Waals surface area contributed by atoms with Crippen LogP contribution in [0.1, 0.15) is 35.7 Å². The summed E-state index contributed by atoms with van der Waals surface area (Å²) in [6.45, 7) is 3.53. The molecule has 3 aromatic rings. The van der Waals surface area contributed by atoms with Crippen molar-refractivity contribution in [1.29, 1.82) is 0 Å². The molecule has 0 spiro atoms. The maximum absolute atomic E-state index is 13.4. The highest BCUT2D eigenvalue weighted by molar-refractivity contribution is 5.87. The molecule has 1 amide bonds. The van der Waals surface area contributed by atoms with E-state index in [1.54, 1.807) is 6.07 Å². The average Bonchev–Trinajstić information content (AvgIpc) is 3.30. The van der Waals surface area contributed by atoms with E-state index in [9.17, 15) is 9.18 Å². The molecule has 2 aliphatic rings. The Bertz CT molecular complexity index is 1050. The third kappa shape index (κ3) is 3.03. The molecule has 2 aromatic carbocycles. The smallest absolute Gasteiger partial charge is 0.245 e. The Morgan fingerprint density at radius 2 is 2.00 bits per heavy atom. The molecule has 0 saturated carbocycles. The number of aromatic nitrogens is 2. The Balaban J connectivity index is 1.24. The van der Waals surface area contributed by atoms with Crippen molar-refractivity contribution in [3.05, 3.63) is 59.2 Å². The van der Waals surface area contributed by atoms with Crippen LogP contribution in [0.2, 0.25) is 0 Å². The summed E-state index contributed by atoms with van der Waals surface area (Å²) in [6, 6.07) is 10.7. The van der Waals surface area contributed by atoms with E-state index in [2.05, 4.69) is 40.4 Å². The summed E-state index contributed by atoms with van der Waals surface area (Å²) in [5, 5.41) is 3.38. The van der Waals surface area contributed by atoms with E-state index in [4.69, 9.17) is 0 Å². The van der Waals surface area contributed by atoms with E-state index >= 15 is 0 Å². The lowest BCUT2D eigenvalue weighted by Crippen LogP contribution is -2.45. The molecule has 28 heavy (non-hydrogen) atoms. The Labute approximate surface area is 163 Å². The van der Waals surface area contributed by atoms with Crippen LogP contribution in [0.25, 0.3) is 11.0 Å². The van der Waals surface area contributed by atoms with Gasteiger partial charge in [-0.3, -0.25) is 4.79 Å². The summed E-state index contributed by atoms with van der Waals surface area (Å²) in [7, 11) is 0. The summed E-state index contributed by atoms with van der Waals surface area (Å²) in [4.78, 5) is 22.8. The predicted octanol–water partition coefficient (Wildman–Crippen LogP) is 3.75. The van der Waals surface area contributed by atoms with Crippen molar-refractivity contribution in [1.82, 2.24) is 14.9 Å². The van der Waals surface area contributed by atoms with Crippen molar-refractivity contribution in [3.8, 4) is 0 Å². The number of amides is 1. The molecule has 3 heterocycles. The van der Waals surface area contributed by atoms with E-state index in [1.165, 1.54) is 23.3 Å². The number of carbonyl (C=O) groups excluding carboxylic acids is 1. The number of imidazole rings is 1. The molecule has 2 aliphatic heterocycles. The molecule has 1 aromatic heterocycles. The first-order chi connectivity index (χ1) is 13.6. The van der Waals surface area contributed by atoms with Crippen LogP contribution in [-0.2, 0) is 11.2 Å². The number of likely N-dealkylation sites (tertiary alicyclic amines) is 1. The molecule has 1 saturated heterocycles. The SMILES string of the molecule is Cc1ccc2c(c1)CC(C(=O)N1CCC(c3nc4ccc(F)cc4[nH]3)CC1)N2. The number of rotatable bonds is 2. The molecular formula is C22H23FN4O. The van der Waals surface area contributed by atoms with E-state index in [0.717, 1.165) is 54.9 Å². The normalized spacial score (nSPS) is 19.6. The van der Waals surface area contributed by atoms with Crippen LogP contribution >= 0.6 is 0 Å². The zero-order valence-corrected chi connectivity index (χ0v) is 15.8. The largest absolute Gasteiger partial charge is 0.373 e. The number of hydrogen-bond acceptors (Lipinski definition) is 3. The second-order valence-electron chi connectivity index (χ2n) is 7.94. The molecule has 5 nitrogen and oxygen atoms in total. The van der Waals surface area contributed by atoms with Crippen LogP contribution in [0, 0.1) is 12.7 Å². The third-order valence-electron chi connectivity index (χ3n) is 5.97. The van der Waals surface area contributed by atoms with E-state index in [0.29, 0.717) is 0 Å². The molecule has 5 rings (SSSR count). The minimum atomic E-state index is -0.261. The van der Waals surface area contributed by atoms with Gasteiger partial charge in [-0.15, -0.1) is 0 Å². The number of hydrogen-bond donors (Lipinski definition) is 2. The summed E-state index contributed by atoms with van der Waals surface area (Å²) in [5.41, 5.74) is 5.05. The number of nitrogens with one attached hydrogen (secondary N) is 2. The lowest BCUT2D eigenvalue weighted by molar-refractivity contribution is -0.132. The highest BCUT2D eigenvalue weighted by Crippen LogP contribution is 2.31. The number of carbonyl (C=O) groups is 1. The van der Waals surface area contributed by atoms with Gasteiger partial charge in [0.25, 0.3) is 0 Å². The van der Waals surface area contributed by atoms with E-state index in [-0.39, 0.29) is 23.7 Å². The Morgan fingerprint density at radius 1 is 1.18 bits per heavy atom. The fourth-order valence-corrected chi connectivity index (χ4v) is 4.43. The van der Waals surface area contributed by atoms with E-state index < -0.39 is 0 Å². The number of nitrogens with zero attached hydrogens (tertiary/aromatic N) is 2. The van der Waals surface area contributed by atoms with Crippen LogP contribution in [0.5, 0.6) is 0 Å². The highest BCUT2D eigenvalue weighted by Gasteiger charge is 2.33. The quantitative estimate of drug-likeness (QED) is 0.714. The summed E-state index contributed by atoms with van der Waals surface area (Å²) < 4.78 is 13.4. The van der Waals surface area contributed by atoms with Crippen LogP contribution < -0.4 is 5.32 Å². The monoisotopic (exact) mass is 378 g/mol. The minimum absolute atomic E-state index is 0.164. The number of benzene rings is 2. The van der Waals surface area contributed by atoms with Gasteiger partial charge in [-0.2, -0.15) is 0 Å². The van der Waals surface area contributed by atoms with Gasteiger partial charge in [-0.25, -0.2) is 9.37 Å². The van der Waals surface area contributed by atoms with Crippen molar-refractivity contribution in [2.24, 2.45) is 0 Å². The Hall–Kier alpha value is -2.89. The number of aromatic amines is 1. The standard InChI is InChI=1S/C22H23FN4O/c1-13-2-4-17-15(10-13)11-20(24-17)22(28)27-8-6-14(7-9-27)21-25-18-5-3-16(23)12-19(18)26-21/h2-5,10,12,14,20,24H,6-9,11H2,1H3,(H,25,26). The van der Waals surface area contributed by atoms with Gasteiger partial charge in [0.2, 0.25) is 5.91 Å². The van der Waals surface area contributed by atoms with E-state index in [1.807, 2.05) is 4.90 Å². The first-order valence-corrected chi connectivity index (χ1v) is 9.87. The van der Waals surface area contributed by atoms with Crippen molar-refractivity contribution in [3.63, 3.8) is 0 Å². The molecule has 144 valence electrons. The molecule has 0 aliphatic carbocycles. The zero-order valence-electron chi connectivity index (χ0n) is 15.8. The van der Waals surface area contributed by atoms with Crippen molar-refractivity contribution < 1.29 is 9.18 Å². The highest BCUT2D eigenvalue weighted by atomic mass is 19.1. The summed E-state index contributed by atoms with van der Waals surface area (Å²) in [6.07, 6.45) is 2.49. The van der Waals surface area contributed by atoms with Crippen LogP contribution in [0.4, 0.5) is 10.1 Å². The first-order valence-electron chi connectivity index (χ1n) is 9.87. The third-order valence-corrected chi connectivity index (χ3v) is 5.97. The van der Waals surface area contributed by atoms with Gasteiger partial charge in [0.1, 0.15) is 17.7 Å². The number of H-pyrrole nitrogens is 1. The maximum atomic E-state index is 13.4. The number of halogens is 1. The molecule has 1 unspecified atom stereocenters. The fourth-order valence-electron chi connectivity index (χ4n) is 4.43. The van der Waals surface area contributed by atoms with Crippen molar-refractivity contribution >= 4 is 22.6 Å². The number of piperidine rings is 1. The van der Waals surface area contributed by atoms with Gasteiger partial charge in [0.05, 0.1) is 11.0 Å². The van der Waals surface area contributed by atoms with Gasteiger partial charge in [0, 0.05) is 31.1 Å². The van der Waals surface area contributed by atoms with Crippen LogP contribution in [0.15, 0.2) is 36.4 Å². The van der Waals surface area contributed by atoms with Crippen LogP contribution in [0.3, 0.4) is 0 Å². The van der Waals surface area contributed by atoms with Crippen molar-refractivity contribution in [2.45, 2.75) is 38.1 Å². The lowest BCUT2D eigenvalue weighted by Gasteiger charge is -2.33. The van der Waals surface area contributed by atoms with Crippen LogP contribution in [-0.4, -0.2) is 39.9 Å². The van der Waals surface area contributed by atoms with Gasteiger partial charge < -0.3 is 15.2 Å². The summed E-state index contributed by atoms with van der Waals surface area (Å²) >= 11 is 0. The minimum Gasteiger partial charge on any atom is -0.373 e. The molecule has 2 N–H and O–H groups in total. The predicted molar refractivity (Wildman–Crippen MR) is 107 cm³/mol.